The third-order valence-corrected chi connectivity index (χ3v) is 5.70. The highest BCUT2D eigenvalue weighted by Gasteiger charge is 2.24. The van der Waals surface area contributed by atoms with Crippen molar-refractivity contribution >= 4 is 38.9 Å². The number of thiophene rings is 1. The number of amides is 2. The van der Waals surface area contributed by atoms with E-state index in [0.717, 1.165) is 12.7 Å². The molecule has 0 radical (unpaired) electrons. The molecule has 9 heteroatoms. The zero-order valence-electron chi connectivity index (χ0n) is 14.9. The van der Waals surface area contributed by atoms with Crippen molar-refractivity contribution in [1.82, 2.24) is 9.80 Å². The fourth-order valence-corrected chi connectivity index (χ4v) is 4.21. The van der Waals surface area contributed by atoms with Gasteiger partial charge in [-0.25, -0.2) is 8.42 Å². The lowest BCUT2D eigenvalue weighted by atomic mass is 10.2. The predicted molar refractivity (Wildman–Crippen MR) is 106 cm³/mol. The second kappa shape index (κ2) is 8.10. The van der Waals surface area contributed by atoms with Crippen LogP contribution in [0.3, 0.4) is 0 Å². The first-order chi connectivity index (χ1) is 12.8. The molecule has 0 saturated carbocycles. The van der Waals surface area contributed by atoms with Gasteiger partial charge in [0.15, 0.2) is 0 Å². The van der Waals surface area contributed by atoms with Gasteiger partial charge in [0.2, 0.25) is 10.0 Å². The minimum absolute atomic E-state index is 0.00972. The number of anilines is 1. The number of benzene rings is 1. The molecule has 1 saturated heterocycles. The summed E-state index contributed by atoms with van der Waals surface area (Å²) in [5.41, 5.74) is 0.907. The van der Waals surface area contributed by atoms with E-state index in [2.05, 4.69) is 4.72 Å². The second-order valence-electron chi connectivity index (χ2n) is 6.37. The summed E-state index contributed by atoms with van der Waals surface area (Å²) in [5, 5.41) is 1.88. The molecule has 27 heavy (non-hydrogen) atoms. The highest BCUT2D eigenvalue weighted by Crippen LogP contribution is 2.16. The zero-order valence-corrected chi connectivity index (χ0v) is 16.6. The average molecular weight is 408 g/mol. The fourth-order valence-electron chi connectivity index (χ4n) is 2.96. The van der Waals surface area contributed by atoms with Gasteiger partial charge in [0.25, 0.3) is 11.8 Å². The molecule has 7 nitrogen and oxygen atoms in total. The molecule has 0 spiro atoms. The monoisotopic (exact) mass is 407 g/mol. The van der Waals surface area contributed by atoms with Gasteiger partial charge in [0, 0.05) is 37.4 Å². The van der Waals surface area contributed by atoms with Crippen molar-refractivity contribution in [3.63, 3.8) is 0 Å². The summed E-state index contributed by atoms with van der Waals surface area (Å²) in [6.07, 6.45) is 1.79. The average Bonchev–Trinajstić information content (AvgIpc) is 3.04. The van der Waals surface area contributed by atoms with Gasteiger partial charge in [-0.05, 0) is 42.1 Å². The van der Waals surface area contributed by atoms with Crippen LogP contribution in [0.15, 0.2) is 41.8 Å². The second-order valence-corrected chi connectivity index (χ2v) is 9.06. The molecule has 3 rings (SSSR count). The van der Waals surface area contributed by atoms with Crippen LogP contribution in [0.1, 0.15) is 26.5 Å². The molecule has 1 aromatic heterocycles. The Balaban J connectivity index is 1.63. The summed E-state index contributed by atoms with van der Waals surface area (Å²) in [7, 11) is -3.35. The first kappa shape index (κ1) is 19.4. The fraction of sp³-hybridized carbons (Fsp3) is 0.333. The lowest BCUT2D eigenvalue weighted by Crippen LogP contribution is -2.37. The molecule has 0 atom stereocenters. The Morgan fingerprint density at radius 1 is 0.963 bits per heavy atom. The van der Waals surface area contributed by atoms with Gasteiger partial charge in [-0.1, -0.05) is 6.07 Å². The maximum atomic E-state index is 12.7. The minimum atomic E-state index is -3.35. The largest absolute Gasteiger partial charge is 0.337 e. The number of carbonyl (C=O) groups is 2. The first-order valence-corrected chi connectivity index (χ1v) is 11.3. The van der Waals surface area contributed by atoms with Crippen LogP contribution in [-0.4, -0.2) is 62.5 Å². The summed E-state index contributed by atoms with van der Waals surface area (Å²) < 4.78 is 24.9. The molecule has 0 bridgehead atoms. The van der Waals surface area contributed by atoms with E-state index in [4.69, 9.17) is 0 Å². The Kier molecular flexibility index (Phi) is 5.81. The van der Waals surface area contributed by atoms with Crippen LogP contribution in [-0.2, 0) is 10.0 Å². The topological polar surface area (TPSA) is 86.8 Å². The highest BCUT2D eigenvalue weighted by atomic mass is 32.2. The smallest absolute Gasteiger partial charge is 0.263 e. The molecule has 0 aliphatic carbocycles. The van der Waals surface area contributed by atoms with Crippen LogP contribution in [0.4, 0.5) is 5.69 Å². The van der Waals surface area contributed by atoms with E-state index in [1.165, 1.54) is 11.3 Å². The van der Waals surface area contributed by atoms with Crippen molar-refractivity contribution in [2.75, 3.05) is 37.2 Å². The maximum absolute atomic E-state index is 12.7. The van der Waals surface area contributed by atoms with Gasteiger partial charge >= 0.3 is 0 Å². The van der Waals surface area contributed by atoms with Crippen molar-refractivity contribution in [2.24, 2.45) is 0 Å². The number of hydrogen-bond acceptors (Lipinski definition) is 5. The summed E-state index contributed by atoms with van der Waals surface area (Å²) in [6, 6.07) is 10.0. The molecule has 144 valence electrons. The molecule has 1 aliphatic heterocycles. The van der Waals surface area contributed by atoms with Gasteiger partial charge < -0.3 is 9.80 Å². The number of nitrogens with zero attached hydrogens (tertiary/aromatic N) is 2. The Morgan fingerprint density at radius 3 is 2.15 bits per heavy atom. The van der Waals surface area contributed by atoms with Crippen LogP contribution in [0, 0.1) is 0 Å². The van der Waals surface area contributed by atoms with E-state index in [1.807, 2.05) is 17.5 Å². The maximum Gasteiger partial charge on any atom is 0.263 e. The van der Waals surface area contributed by atoms with Gasteiger partial charge in [-0.2, -0.15) is 0 Å². The minimum Gasteiger partial charge on any atom is -0.337 e. The molecule has 2 amide bonds. The van der Waals surface area contributed by atoms with Crippen molar-refractivity contribution in [2.45, 2.75) is 6.42 Å². The SMILES string of the molecule is CS(=O)(=O)Nc1ccc(C(=O)N2CCCN(C(=O)c3cccs3)CC2)cc1. The molecule has 1 aliphatic rings. The number of carbonyl (C=O) groups excluding carboxylic acids is 2. The normalized spacial score (nSPS) is 15.3. The summed E-state index contributed by atoms with van der Waals surface area (Å²) >= 11 is 1.42. The van der Waals surface area contributed by atoms with Gasteiger partial charge in [0.05, 0.1) is 11.1 Å². The molecular weight excluding hydrogens is 386 g/mol. The van der Waals surface area contributed by atoms with E-state index in [-0.39, 0.29) is 11.8 Å². The predicted octanol–water partition coefficient (Wildman–Crippen LogP) is 2.11. The highest BCUT2D eigenvalue weighted by molar-refractivity contribution is 7.92. The van der Waals surface area contributed by atoms with Gasteiger partial charge in [-0.3, -0.25) is 14.3 Å². The van der Waals surface area contributed by atoms with Crippen molar-refractivity contribution in [3.05, 3.63) is 52.2 Å². The number of rotatable bonds is 4. The summed E-state index contributed by atoms with van der Waals surface area (Å²) in [6.45, 7) is 2.17. The molecule has 1 fully saturated rings. The molecule has 2 heterocycles. The lowest BCUT2D eigenvalue weighted by molar-refractivity contribution is 0.0721. The van der Waals surface area contributed by atoms with E-state index in [9.17, 15) is 18.0 Å². The standard InChI is InChI=1S/C18H21N3O4S2/c1-27(24,25)19-15-7-5-14(6-8-15)17(22)20-9-3-10-21(12-11-20)18(23)16-4-2-13-26-16/h2,4-8,13,19H,3,9-12H2,1H3. The Morgan fingerprint density at radius 2 is 1.59 bits per heavy atom. The summed E-state index contributed by atoms with van der Waals surface area (Å²) in [5.74, 6) is -0.109. The molecule has 0 unspecified atom stereocenters. The zero-order chi connectivity index (χ0) is 19.4. The third kappa shape index (κ3) is 5.08. The first-order valence-electron chi connectivity index (χ1n) is 8.53. The quantitative estimate of drug-likeness (QED) is 0.841. The van der Waals surface area contributed by atoms with E-state index in [1.54, 1.807) is 34.1 Å². The Hall–Kier alpha value is -2.39. The molecule has 1 aromatic carbocycles. The van der Waals surface area contributed by atoms with E-state index >= 15 is 0 Å². The van der Waals surface area contributed by atoms with Crippen LogP contribution in [0.5, 0.6) is 0 Å². The molecule has 2 aromatic rings. The van der Waals surface area contributed by atoms with Crippen molar-refractivity contribution in [3.8, 4) is 0 Å². The van der Waals surface area contributed by atoms with E-state index in [0.29, 0.717) is 42.3 Å². The lowest BCUT2D eigenvalue weighted by Gasteiger charge is -2.22. The van der Waals surface area contributed by atoms with Crippen molar-refractivity contribution in [1.29, 1.82) is 0 Å². The van der Waals surface area contributed by atoms with Crippen LogP contribution < -0.4 is 4.72 Å². The third-order valence-electron chi connectivity index (χ3n) is 4.24. The number of hydrogen-bond donors (Lipinski definition) is 1. The van der Waals surface area contributed by atoms with Gasteiger partial charge in [-0.15, -0.1) is 11.3 Å². The summed E-state index contributed by atoms with van der Waals surface area (Å²) in [4.78, 5) is 29.5. The Bertz CT molecular complexity index is 909. The molecule has 1 N–H and O–H groups in total. The van der Waals surface area contributed by atoms with Crippen LogP contribution in [0.2, 0.25) is 0 Å². The Labute approximate surface area is 162 Å². The number of sulfonamides is 1. The van der Waals surface area contributed by atoms with Gasteiger partial charge in [0.1, 0.15) is 0 Å². The van der Waals surface area contributed by atoms with Crippen LogP contribution >= 0.6 is 11.3 Å². The van der Waals surface area contributed by atoms with E-state index < -0.39 is 10.0 Å². The molecular formula is C18H21N3O4S2. The van der Waals surface area contributed by atoms with Crippen LogP contribution in [0.25, 0.3) is 0 Å². The van der Waals surface area contributed by atoms with Crippen molar-refractivity contribution < 1.29 is 18.0 Å². The number of nitrogens with one attached hydrogen (secondary N) is 1.